The zero-order valence-electron chi connectivity index (χ0n) is 19.0. The smallest absolute Gasteiger partial charge is 0.433 e. The molecule has 2 aromatic carbocycles. The number of anilines is 1. The van der Waals surface area contributed by atoms with Gasteiger partial charge in [0.15, 0.2) is 5.82 Å². The first kappa shape index (κ1) is 23.9. The Morgan fingerprint density at radius 2 is 1.51 bits per heavy atom. The number of aromatic nitrogens is 5. The molecule has 0 unspecified atom stereocenters. The number of nitrogens with zero attached hydrogens (tertiary/aromatic N) is 4. The van der Waals surface area contributed by atoms with Crippen LogP contribution in [0, 0.1) is 5.82 Å². The molecule has 0 radical (unpaired) electrons. The van der Waals surface area contributed by atoms with Gasteiger partial charge in [-0.05, 0) is 60.7 Å². The van der Waals surface area contributed by atoms with Crippen LogP contribution in [0.2, 0.25) is 0 Å². The van der Waals surface area contributed by atoms with Gasteiger partial charge in [0.2, 0.25) is 0 Å². The molecule has 0 amide bonds. The summed E-state index contributed by atoms with van der Waals surface area (Å²) in [6.45, 7) is 0.205. The maximum Gasteiger partial charge on any atom is 0.433 e. The highest BCUT2D eigenvalue weighted by molar-refractivity contribution is 5.63. The number of H-pyrrole nitrogens is 1. The quantitative estimate of drug-likeness (QED) is 0.245. The second-order valence-corrected chi connectivity index (χ2v) is 7.96. The predicted molar refractivity (Wildman–Crippen MR) is 128 cm³/mol. The molecule has 0 atom stereocenters. The van der Waals surface area contributed by atoms with Crippen LogP contribution in [0.1, 0.15) is 11.3 Å². The third kappa shape index (κ3) is 5.89. The molecule has 0 aliphatic carbocycles. The van der Waals surface area contributed by atoms with Gasteiger partial charge in [0.1, 0.15) is 23.0 Å². The number of pyridine rings is 1. The Kier molecular flexibility index (Phi) is 6.50. The first-order chi connectivity index (χ1) is 17.8. The predicted octanol–water partition coefficient (Wildman–Crippen LogP) is 6.49. The number of ether oxygens (including phenoxy) is 1. The first-order valence-corrected chi connectivity index (χ1v) is 11.0. The molecule has 11 heteroatoms. The summed E-state index contributed by atoms with van der Waals surface area (Å²) in [5, 5.41) is 9.32. The highest BCUT2D eigenvalue weighted by atomic mass is 19.4. The fourth-order valence-corrected chi connectivity index (χ4v) is 3.43. The molecule has 0 aliphatic heterocycles. The Balaban J connectivity index is 1.26. The third-order valence-electron chi connectivity index (χ3n) is 5.27. The molecule has 0 aliphatic rings. The van der Waals surface area contributed by atoms with Gasteiger partial charge < -0.3 is 10.1 Å². The Hall–Kier alpha value is -4.80. The van der Waals surface area contributed by atoms with Gasteiger partial charge in [-0.25, -0.2) is 19.3 Å². The van der Waals surface area contributed by atoms with Crippen LogP contribution in [-0.2, 0) is 12.7 Å². The van der Waals surface area contributed by atoms with Crippen LogP contribution in [0.5, 0.6) is 11.5 Å². The molecule has 3 heterocycles. The van der Waals surface area contributed by atoms with Crippen molar-refractivity contribution in [2.45, 2.75) is 12.7 Å². The van der Waals surface area contributed by atoms with E-state index in [1.807, 2.05) is 0 Å². The minimum atomic E-state index is -4.60. The van der Waals surface area contributed by atoms with Crippen LogP contribution in [0.25, 0.3) is 22.6 Å². The Bertz CT molecular complexity index is 1470. The molecular weight excluding hydrogens is 488 g/mol. The van der Waals surface area contributed by atoms with Gasteiger partial charge in [-0.3, -0.25) is 5.10 Å². The van der Waals surface area contributed by atoms with E-state index in [4.69, 9.17) is 4.74 Å². The van der Waals surface area contributed by atoms with Crippen molar-refractivity contribution in [3.8, 4) is 34.1 Å². The van der Waals surface area contributed by atoms with Crippen LogP contribution < -0.4 is 10.1 Å². The summed E-state index contributed by atoms with van der Waals surface area (Å²) in [6.07, 6.45) is 1.48. The lowest BCUT2D eigenvalue weighted by Gasteiger charge is -2.12. The number of hydrogen-bond acceptors (Lipinski definition) is 6. The molecule has 0 saturated heterocycles. The van der Waals surface area contributed by atoms with Crippen molar-refractivity contribution < 1.29 is 22.3 Å². The van der Waals surface area contributed by atoms with Crippen LogP contribution in [0.15, 0.2) is 85.5 Å². The number of halogens is 4. The number of rotatable bonds is 7. The molecule has 37 heavy (non-hydrogen) atoms. The minimum Gasteiger partial charge on any atom is -0.457 e. The van der Waals surface area contributed by atoms with Gasteiger partial charge in [0.25, 0.3) is 0 Å². The number of alkyl halides is 3. The molecule has 5 rings (SSSR count). The largest absolute Gasteiger partial charge is 0.457 e. The molecule has 0 saturated carbocycles. The average Bonchev–Trinajstić information content (AvgIpc) is 3.44. The van der Waals surface area contributed by atoms with Gasteiger partial charge in [0, 0.05) is 47.5 Å². The summed E-state index contributed by atoms with van der Waals surface area (Å²) in [5.74, 6) is 1.21. The van der Waals surface area contributed by atoms with Gasteiger partial charge in [0.05, 0.1) is 11.9 Å². The van der Waals surface area contributed by atoms with E-state index in [-0.39, 0.29) is 23.7 Å². The van der Waals surface area contributed by atoms with E-state index in [1.54, 1.807) is 36.7 Å². The molecule has 0 spiro atoms. The maximum absolute atomic E-state index is 13.4. The maximum atomic E-state index is 13.4. The normalized spacial score (nSPS) is 11.4. The van der Waals surface area contributed by atoms with Crippen LogP contribution in [0.4, 0.5) is 23.2 Å². The molecule has 186 valence electrons. The zero-order valence-corrected chi connectivity index (χ0v) is 19.0. The van der Waals surface area contributed by atoms with Gasteiger partial charge in [-0.15, -0.1) is 0 Å². The SMILES string of the molecule is Fc1ccc(Oc2ccc(-c3ncc(CNc4cc(-c5cn[nH]c5)nc(C(F)(F)F)c4)cn3)cc2)cc1. The Morgan fingerprint density at radius 3 is 2.14 bits per heavy atom. The van der Waals surface area contributed by atoms with E-state index in [0.717, 1.165) is 11.6 Å². The number of hydrogen-bond donors (Lipinski definition) is 2. The number of nitrogens with one attached hydrogen (secondary N) is 2. The fraction of sp³-hybridized carbons (Fsp3) is 0.0769. The zero-order chi connectivity index (χ0) is 25.8. The van der Waals surface area contributed by atoms with Crippen molar-refractivity contribution in [2.24, 2.45) is 0 Å². The lowest BCUT2D eigenvalue weighted by molar-refractivity contribution is -0.141. The van der Waals surface area contributed by atoms with Crippen molar-refractivity contribution >= 4 is 5.69 Å². The number of benzene rings is 2. The van der Waals surface area contributed by atoms with Crippen molar-refractivity contribution in [2.75, 3.05) is 5.32 Å². The second kappa shape index (κ2) is 10.1. The minimum absolute atomic E-state index is 0.143. The summed E-state index contributed by atoms with van der Waals surface area (Å²) in [4.78, 5) is 12.4. The average molecular weight is 506 g/mol. The standard InChI is InChI=1S/C26H18F4N6O/c27-19-3-7-22(8-4-19)37-21-5-1-17(2-6-21)25-32-12-16(13-33-25)11-31-20-9-23(18-14-34-35-15-18)36-24(10-20)26(28,29)30/h1-10,12-15H,11H2,(H,31,36)(H,34,35). The molecule has 5 aromatic rings. The lowest BCUT2D eigenvalue weighted by atomic mass is 10.2. The van der Waals surface area contributed by atoms with Crippen LogP contribution >= 0.6 is 0 Å². The lowest BCUT2D eigenvalue weighted by Crippen LogP contribution is -2.10. The summed E-state index contributed by atoms with van der Waals surface area (Å²) in [7, 11) is 0. The summed E-state index contributed by atoms with van der Waals surface area (Å²) in [5.41, 5.74) is 1.25. The van der Waals surface area contributed by atoms with Crippen LogP contribution in [-0.4, -0.2) is 25.1 Å². The molecular formula is C26H18F4N6O. The molecule has 2 N–H and O–H groups in total. The van der Waals surface area contributed by atoms with Gasteiger partial charge in [-0.1, -0.05) is 0 Å². The highest BCUT2D eigenvalue weighted by Crippen LogP contribution is 2.32. The summed E-state index contributed by atoms with van der Waals surface area (Å²) < 4.78 is 58.8. The van der Waals surface area contributed by atoms with Crippen molar-refractivity contribution in [3.63, 3.8) is 0 Å². The van der Waals surface area contributed by atoms with Gasteiger partial charge in [-0.2, -0.15) is 18.3 Å². The van der Waals surface area contributed by atoms with Gasteiger partial charge >= 0.3 is 6.18 Å². The molecule has 7 nitrogen and oxygen atoms in total. The van der Waals surface area contributed by atoms with Crippen molar-refractivity contribution in [1.29, 1.82) is 0 Å². The van der Waals surface area contributed by atoms with E-state index in [9.17, 15) is 17.6 Å². The topological polar surface area (TPSA) is 88.6 Å². The monoisotopic (exact) mass is 506 g/mol. The summed E-state index contributed by atoms with van der Waals surface area (Å²) >= 11 is 0. The third-order valence-corrected chi connectivity index (χ3v) is 5.27. The second-order valence-electron chi connectivity index (χ2n) is 7.96. The Morgan fingerprint density at radius 1 is 0.838 bits per heavy atom. The van der Waals surface area contributed by atoms with E-state index < -0.39 is 11.9 Å². The number of aromatic amines is 1. The van der Waals surface area contributed by atoms with E-state index in [1.165, 1.54) is 42.7 Å². The first-order valence-electron chi connectivity index (χ1n) is 11.0. The van der Waals surface area contributed by atoms with Crippen LogP contribution in [0.3, 0.4) is 0 Å². The van der Waals surface area contributed by atoms with E-state index in [0.29, 0.717) is 28.5 Å². The summed E-state index contributed by atoms with van der Waals surface area (Å²) in [6, 6.07) is 15.2. The molecule has 0 fully saturated rings. The Labute approximate surface area is 208 Å². The molecule has 0 bridgehead atoms. The highest BCUT2D eigenvalue weighted by Gasteiger charge is 2.33. The van der Waals surface area contributed by atoms with Crippen molar-refractivity contribution in [1.82, 2.24) is 25.1 Å². The van der Waals surface area contributed by atoms with E-state index in [2.05, 4.69) is 30.5 Å². The molecule has 3 aromatic heterocycles. The van der Waals surface area contributed by atoms with Crippen molar-refractivity contribution in [3.05, 3.63) is 103 Å². The fourth-order valence-electron chi connectivity index (χ4n) is 3.43. The van der Waals surface area contributed by atoms with E-state index >= 15 is 0 Å².